The van der Waals surface area contributed by atoms with Gasteiger partial charge in [0.2, 0.25) is 5.91 Å². The minimum atomic E-state index is -0.304. The first-order valence-electron chi connectivity index (χ1n) is 15.3. The summed E-state index contributed by atoms with van der Waals surface area (Å²) in [6.07, 6.45) is 5.77. The van der Waals surface area contributed by atoms with Crippen LogP contribution >= 0.6 is 11.3 Å². The fraction of sp³-hybridized carbons (Fsp3) is 0.400. The lowest BCUT2D eigenvalue weighted by Crippen LogP contribution is -2.47. The van der Waals surface area contributed by atoms with E-state index in [2.05, 4.69) is 66.8 Å². The summed E-state index contributed by atoms with van der Waals surface area (Å²) >= 11 is 1.65. The van der Waals surface area contributed by atoms with Gasteiger partial charge in [0, 0.05) is 29.3 Å². The van der Waals surface area contributed by atoms with Crippen molar-refractivity contribution in [3.05, 3.63) is 93.8 Å². The van der Waals surface area contributed by atoms with E-state index >= 15 is 0 Å². The Kier molecular flexibility index (Phi) is 8.14. The first kappa shape index (κ1) is 29.2. The van der Waals surface area contributed by atoms with E-state index in [1.165, 1.54) is 11.1 Å². The van der Waals surface area contributed by atoms with Crippen molar-refractivity contribution in [1.82, 2.24) is 14.7 Å². The maximum atomic E-state index is 13.2. The lowest BCUT2D eigenvalue weighted by molar-refractivity contribution is -0.135. The van der Waals surface area contributed by atoms with Crippen LogP contribution in [0.4, 0.5) is 16.3 Å². The van der Waals surface area contributed by atoms with E-state index < -0.39 is 0 Å². The van der Waals surface area contributed by atoms with E-state index in [0.717, 1.165) is 54.7 Å². The molecule has 4 aromatic rings. The van der Waals surface area contributed by atoms with Crippen LogP contribution in [0.3, 0.4) is 0 Å². The highest BCUT2D eigenvalue weighted by atomic mass is 32.1. The Balaban J connectivity index is 1.09. The van der Waals surface area contributed by atoms with Crippen molar-refractivity contribution in [2.45, 2.75) is 83.7 Å². The number of nitrogens with one attached hydrogen (secondary N) is 2. The average molecular weight is 596 g/mol. The number of aryl methyl sites for hydroxylation is 1. The molecule has 224 valence electrons. The maximum absolute atomic E-state index is 13.2. The molecule has 43 heavy (non-hydrogen) atoms. The first-order valence-corrected chi connectivity index (χ1v) is 16.2. The van der Waals surface area contributed by atoms with Crippen molar-refractivity contribution < 1.29 is 9.59 Å². The molecule has 2 N–H and O–H groups in total. The number of anilines is 2. The smallest absolute Gasteiger partial charge is 0.324 e. The molecule has 0 radical (unpaired) electrons. The second-order valence-electron chi connectivity index (χ2n) is 13.2. The highest BCUT2D eigenvalue weighted by Crippen LogP contribution is 2.40. The molecule has 2 aromatic carbocycles. The van der Waals surface area contributed by atoms with Gasteiger partial charge in [0.1, 0.15) is 5.82 Å². The van der Waals surface area contributed by atoms with Gasteiger partial charge in [-0.1, -0.05) is 50.6 Å². The van der Waals surface area contributed by atoms with Gasteiger partial charge in [0.25, 0.3) is 0 Å². The van der Waals surface area contributed by atoms with Gasteiger partial charge in [-0.15, -0.1) is 0 Å². The molecule has 2 unspecified atom stereocenters. The molecule has 2 saturated heterocycles. The van der Waals surface area contributed by atoms with E-state index in [1.54, 1.807) is 16.0 Å². The zero-order valence-electron chi connectivity index (χ0n) is 25.5. The molecule has 2 aromatic heterocycles. The largest absolute Gasteiger partial charge is 0.336 e. The van der Waals surface area contributed by atoms with Crippen LogP contribution in [-0.2, 0) is 23.1 Å². The number of carbonyl (C=O) groups excluding carboxylic acids is 2. The number of amides is 3. The third-order valence-electron chi connectivity index (χ3n) is 8.76. The fourth-order valence-corrected chi connectivity index (χ4v) is 7.30. The number of hydrogen-bond acceptors (Lipinski definition) is 4. The van der Waals surface area contributed by atoms with Gasteiger partial charge in [0.15, 0.2) is 0 Å². The number of hydrogen-bond donors (Lipinski definition) is 2. The van der Waals surface area contributed by atoms with Crippen LogP contribution in [0.2, 0.25) is 0 Å². The van der Waals surface area contributed by atoms with Crippen molar-refractivity contribution in [3.63, 3.8) is 0 Å². The predicted octanol–water partition coefficient (Wildman–Crippen LogP) is 7.74. The normalized spacial score (nSPS) is 19.8. The number of benzene rings is 2. The molecule has 2 atom stereocenters. The summed E-state index contributed by atoms with van der Waals surface area (Å²) in [4.78, 5) is 28.5. The number of aromatic nitrogens is 2. The van der Waals surface area contributed by atoms with Crippen molar-refractivity contribution >= 4 is 34.8 Å². The molecule has 2 bridgehead atoms. The standard InChI is InChI=1S/C35H41N5O2S/c1-23-8-10-28(11-9-23)40-32(21-31(38-40)35(2,3)4)37-34(42)36-27-7-5-6-24(17-27)16-26-18-29-12-13-30(19-26)39(29)33(41)20-25-14-15-43-22-25/h5-11,14-15,17,21-22,26,29-30H,12-13,16,18-20H2,1-4H3,(H2,36,37,42). The molecule has 6 rings (SSSR count). The van der Waals surface area contributed by atoms with Gasteiger partial charge in [0.05, 0.1) is 17.8 Å². The second kappa shape index (κ2) is 12.0. The molecule has 8 heteroatoms. The molecule has 2 fully saturated rings. The molecular formula is C35H41N5O2S. The van der Waals surface area contributed by atoms with E-state index in [4.69, 9.17) is 5.10 Å². The topological polar surface area (TPSA) is 79.3 Å². The number of piperidine rings is 1. The minimum absolute atomic E-state index is 0.163. The Hall–Kier alpha value is -3.91. The number of urea groups is 1. The third-order valence-corrected chi connectivity index (χ3v) is 9.49. The minimum Gasteiger partial charge on any atom is -0.336 e. The summed E-state index contributed by atoms with van der Waals surface area (Å²) in [5.74, 6) is 1.43. The molecule has 7 nitrogen and oxygen atoms in total. The molecule has 2 aliphatic heterocycles. The average Bonchev–Trinajstić information content (AvgIpc) is 3.68. The molecular weight excluding hydrogens is 554 g/mol. The number of carbonyl (C=O) groups is 2. The number of fused-ring (bicyclic) bond motifs is 2. The van der Waals surface area contributed by atoms with Gasteiger partial charge >= 0.3 is 6.03 Å². The summed E-state index contributed by atoms with van der Waals surface area (Å²) in [6, 6.07) is 20.6. The van der Waals surface area contributed by atoms with E-state index in [-0.39, 0.29) is 17.4 Å². The molecule has 3 amide bonds. The van der Waals surface area contributed by atoms with Crippen LogP contribution in [-0.4, -0.2) is 38.7 Å². The Labute approximate surface area is 258 Å². The summed E-state index contributed by atoms with van der Waals surface area (Å²) in [7, 11) is 0. The van der Waals surface area contributed by atoms with Crippen molar-refractivity contribution in [3.8, 4) is 5.69 Å². The molecule has 2 aliphatic rings. The zero-order chi connectivity index (χ0) is 30.1. The van der Waals surface area contributed by atoms with Gasteiger partial charge in [-0.25, -0.2) is 9.48 Å². The van der Waals surface area contributed by atoms with Gasteiger partial charge in [-0.3, -0.25) is 10.1 Å². The quantitative estimate of drug-likeness (QED) is 0.229. The number of nitrogens with zero attached hydrogens (tertiary/aromatic N) is 3. The van der Waals surface area contributed by atoms with E-state index in [9.17, 15) is 9.59 Å². The lowest BCUT2D eigenvalue weighted by Gasteiger charge is -2.39. The van der Waals surface area contributed by atoms with Crippen molar-refractivity contribution in [1.29, 1.82) is 0 Å². The Bertz CT molecular complexity index is 1570. The first-order chi connectivity index (χ1) is 20.6. The van der Waals surface area contributed by atoms with Crippen molar-refractivity contribution in [2.24, 2.45) is 5.92 Å². The second-order valence-corrected chi connectivity index (χ2v) is 14.0. The summed E-state index contributed by atoms with van der Waals surface area (Å²) in [5.41, 5.74) is 5.90. The van der Waals surface area contributed by atoms with Crippen molar-refractivity contribution in [2.75, 3.05) is 10.6 Å². The zero-order valence-corrected chi connectivity index (χ0v) is 26.3. The van der Waals surface area contributed by atoms with Crippen LogP contribution in [0, 0.1) is 12.8 Å². The van der Waals surface area contributed by atoms with Crippen LogP contribution in [0.1, 0.15) is 68.8 Å². The maximum Gasteiger partial charge on any atom is 0.324 e. The van der Waals surface area contributed by atoms with Crippen LogP contribution in [0.25, 0.3) is 5.69 Å². The van der Waals surface area contributed by atoms with Gasteiger partial charge < -0.3 is 10.2 Å². The van der Waals surface area contributed by atoms with Crippen LogP contribution < -0.4 is 10.6 Å². The van der Waals surface area contributed by atoms with E-state index in [1.807, 2.05) is 47.8 Å². The third kappa shape index (κ3) is 6.69. The predicted molar refractivity (Wildman–Crippen MR) is 174 cm³/mol. The number of rotatable bonds is 7. The number of thiophene rings is 1. The SMILES string of the molecule is Cc1ccc(-n2nc(C(C)(C)C)cc2NC(=O)Nc2cccc(CC3CC4CCC(C3)N4C(=O)Cc3ccsc3)c2)cc1. The summed E-state index contributed by atoms with van der Waals surface area (Å²) < 4.78 is 1.79. The fourth-order valence-electron chi connectivity index (χ4n) is 6.63. The van der Waals surface area contributed by atoms with Gasteiger partial charge in [-0.05, 0) is 97.2 Å². The highest BCUT2D eigenvalue weighted by Gasteiger charge is 2.42. The molecule has 0 saturated carbocycles. The lowest BCUT2D eigenvalue weighted by atomic mass is 9.85. The Morgan fingerprint density at radius 1 is 0.953 bits per heavy atom. The van der Waals surface area contributed by atoms with Crippen LogP contribution in [0.15, 0.2) is 71.4 Å². The van der Waals surface area contributed by atoms with Gasteiger partial charge in [-0.2, -0.15) is 16.4 Å². The highest BCUT2D eigenvalue weighted by molar-refractivity contribution is 7.08. The molecule has 4 heterocycles. The molecule has 0 spiro atoms. The summed E-state index contributed by atoms with van der Waals surface area (Å²) in [5, 5.41) is 15.0. The molecule has 0 aliphatic carbocycles. The van der Waals surface area contributed by atoms with Crippen LogP contribution in [0.5, 0.6) is 0 Å². The summed E-state index contributed by atoms with van der Waals surface area (Å²) in [6.45, 7) is 8.39. The monoisotopic (exact) mass is 595 g/mol. The Morgan fingerprint density at radius 2 is 1.70 bits per heavy atom. The Morgan fingerprint density at radius 3 is 2.37 bits per heavy atom. The van der Waals surface area contributed by atoms with E-state index in [0.29, 0.717) is 30.2 Å².